The minimum absolute atomic E-state index is 0.108. The van der Waals surface area contributed by atoms with Gasteiger partial charge in [-0.15, -0.1) is 13.2 Å². The van der Waals surface area contributed by atoms with Gasteiger partial charge in [0.1, 0.15) is 0 Å². The third-order valence-electron chi connectivity index (χ3n) is 3.18. The standard InChI is InChI=1S/C14H24F3N3O/c1-5-12-11(9-18-10(3)4)13(6-2)20(19-12)7-8-21-14(15,16)17/h10,18H,5-9H2,1-4H3. The van der Waals surface area contributed by atoms with E-state index >= 15 is 0 Å². The highest BCUT2D eigenvalue weighted by Crippen LogP contribution is 2.19. The molecule has 1 aromatic rings. The Labute approximate surface area is 123 Å². The minimum atomic E-state index is -4.59. The van der Waals surface area contributed by atoms with Gasteiger partial charge in [0.15, 0.2) is 0 Å². The molecule has 0 aliphatic heterocycles. The van der Waals surface area contributed by atoms with Crippen LogP contribution in [0.25, 0.3) is 0 Å². The highest BCUT2D eigenvalue weighted by Gasteiger charge is 2.29. The number of nitrogens with zero attached hydrogens (tertiary/aromatic N) is 2. The monoisotopic (exact) mass is 307 g/mol. The van der Waals surface area contributed by atoms with E-state index in [-0.39, 0.29) is 6.54 Å². The molecule has 0 fully saturated rings. The van der Waals surface area contributed by atoms with Crippen LogP contribution in [-0.4, -0.2) is 28.8 Å². The van der Waals surface area contributed by atoms with Gasteiger partial charge in [-0.1, -0.05) is 27.7 Å². The predicted molar refractivity (Wildman–Crippen MR) is 75.0 cm³/mol. The lowest BCUT2D eigenvalue weighted by Crippen LogP contribution is -2.23. The second-order valence-corrected chi connectivity index (χ2v) is 5.13. The summed E-state index contributed by atoms with van der Waals surface area (Å²) in [6.07, 6.45) is -3.10. The molecule has 1 N–H and O–H groups in total. The zero-order chi connectivity index (χ0) is 16.0. The Hall–Kier alpha value is -1.08. The molecule has 0 atom stereocenters. The molecule has 122 valence electrons. The maximum atomic E-state index is 12.0. The Balaban J connectivity index is 2.84. The van der Waals surface area contributed by atoms with Crippen LogP contribution in [0.4, 0.5) is 13.2 Å². The minimum Gasteiger partial charge on any atom is -0.310 e. The van der Waals surface area contributed by atoms with E-state index in [1.165, 1.54) is 0 Å². The van der Waals surface area contributed by atoms with Gasteiger partial charge < -0.3 is 5.32 Å². The van der Waals surface area contributed by atoms with Crippen molar-refractivity contribution in [1.29, 1.82) is 0 Å². The number of hydrogen-bond acceptors (Lipinski definition) is 3. The SMILES string of the molecule is CCc1nn(CCOC(F)(F)F)c(CC)c1CNC(C)C. The molecule has 0 saturated heterocycles. The van der Waals surface area contributed by atoms with Crippen molar-refractivity contribution in [2.75, 3.05) is 6.61 Å². The van der Waals surface area contributed by atoms with Crippen LogP contribution in [0.3, 0.4) is 0 Å². The lowest BCUT2D eigenvalue weighted by atomic mass is 10.1. The second-order valence-electron chi connectivity index (χ2n) is 5.13. The maximum Gasteiger partial charge on any atom is 0.522 e. The molecular formula is C14H24F3N3O. The van der Waals surface area contributed by atoms with Crippen LogP contribution < -0.4 is 5.32 Å². The summed E-state index contributed by atoms with van der Waals surface area (Å²) in [4.78, 5) is 0. The first-order chi connectivity index (χ1) is 9.78. The van der Waals surface area contributed by atoms with Crippen molar-refractivity contribution < 1.29 is 17.9 Å². The first-order valence-corrected chi connectivity index (χ1v) is 7.29. The number of aryl methyl sites for hydroxylation is 1. The topological polar surface area (TPSA) is 39.1 Å². The molecule has 0 spiro atoms. The van der Waals surface area contributed by atoms with Crippen LogP contribution in [0.15, 0.2) is 0 Å². The Morgan fingerprint density at radius 3 is 2.38 bits per heavy atom. The van der Waals surface area contributed by atoms with Crippen LogP contribution in [0.2, 0.25) is 0 Å². The smallest absolute Gasteiger partial charge is 0.310 e. The van der Waals surface area contributed by atoms with Gasteiger partial charge in [0.2, 0.25) is 0 Å². The van der Waals surface area contributed by atoms with Crippen molar-refractivity contribution in [2.45, 2.75) is 66.0 Å². The summed E-state index contributed by atoms with van der Waals surface area (Å²) in [5, 5.41) is 7.77. The van der Waals surface area contributed by atoms with Crippen molar-refractivity contribution >= 4 is 0 Å². The van der Waals surface area contributed by atoms with Gasteiger partial charge in [0, 0.05) is 23.8 Å². The number of alkyl halides is 3. The number of rotatable bonds is 8. The number of hydrogen-bond donors (Lipinski definition) is 1. The number of aromatic nitrogens is 2. The number of halogens is 3. The summed E-state index contributed by atoms with van der Waals surface area (Å²) in [5.41, 5.74) is 3.01. The van der Waals surface area contributed by atoms with E-state index in [1.54, 1.807) is 4.68 Å². The highest BCUT2D eigenvalue weighted by molar-refractivity contribution is 5.26. The van der Waals surface area contributed by atoms with Gasteiger partial charge >= 0.3 is 6.36 Å². The van der Waals surface area contributed by atoms with Crippen molar-refractivity contribution in [3.8, 4) is 0 Å². The molecule has 0 aliphatic carbocycles. The normalized spacial score (nSPS) is 12.4. The number of nitrogens with one attached hydrogen (secondary N) is 1. The van der Waals surface area contributed by atoms with E-state index in [9.17, 15) is 13.2 Å². The van der Waals surface area contributed by atoms with Crippen LogP contribution >= 0.6 is 0 Å². The van der Waals surface area contributed by atoms with Crippen molar-refractivity contribution in [2.24, 2.45) is 0 Å². The molecular weight excluding hydrogens is 283 g/mol. The van der Waals surface area contributed by atoms with Crippen LogP contribution in [-0.2, 0) is 30.7 Å². The lowest BCUT2D eigenvalue weighted by molar-refractivity contribution is -0.325. The quantitative estimate of drug-likeness (QED) is 0.802. The molecule has 1 heterocycles. The summed E-state index contributed by atoms with van der Waals surface area (Å²) < 4.78 is 41.6. The molecule has 0 unspecified atom stereocenters. The first kappa shape index (κ1) is 18.0. The molecule has 0 amide bonds. The van der Waals surface area contributed by atoms with Crippen molar-refractivity contribution in [3.63, 3.8) is 0 Å². The Morgan fingerprint density at radius 1 is 1.24 bits per heavy atom. The fourth-order valence-corrected chi connectivity index (χ4v) is 2.21. The van der Waals surface area contributed by atoms with Gasteiger partial charge in [0.25, 0.3) is 0 Å². The largest absolute Gasteiger partial charge is 0.522 e. The van der Waals surface area contributed by atoms with E-state index in [4.69, 9.17) is 0 Å². The molecule has 7 heteroatoms. The van der Waals surface area contributed by atoms with E-state index in [1.807, 2.05) is 13.8 Å². The van der Waals surface area contributed by atoms with Gasteiger partial charge in [-0.05, 0) is 12.8 Å². The molecule has 0 aromatic carbocycles. The molecule has 0 bridgehead atoms. The molecule has 21 heavy (non-hydrogen) atoms. The second kappa shape index (κ2) is 7.79. The summed E-state index contributed by atoms with van der Waals surface area (Å²) in [6, 6.07) is 0.344. The number of ether oxygens (including phenoxy) is 1. The van der Waals surface area contributed by atoms with Crippen LogP contribution in [0.5, 0.6) is 0 Å². The summed E-state index contributed by atoms with van der Waals surface area (Å²) in [7, 11) is 0. The maximum absolute atomic E-state index is 12.0. The molecule has 1 aromatic heterocycles. The average Bonchev–Trinajstić information content (AvgIpc) is 2.71. The zero-order valence-corrected chi connectivity index (χ0v) is 13.0. The Bertz CT molecular complexity index is 441. The highest BCUT2D eigenvalue weighted by atomic mass is 19.4. The van der Waals surface area contributed by atoms with E-state index in [2.05, 4.69) is 29.0 Å². The van der Waals surface area contributed by atoms with Crippen LogP contribution in [0.1, 0.15) is 44.6 Å². The molecule has 0 radical (unpaired) electrons. The van der Waals surface area contributed by atoms with Gasteiger partial charge in [-0.25, -0.2) is 0 Å². The van der Waals surface area contributed by atoms with Gasteiger partial charge in [-0.3, -0.25) is 9.42 Å². The van der Waals surface area contributed by atoms with Gasteiger partial charge in [-0.2, -0.15) is 5.10 Å². The van der Waals surface area contributed by atoms with Gasteiger partial charge in [0.05, 0.1) is 18.8 Å². The zero-order valence-electron chi connectivity index (χ0n) is 13.0. The summed E-state index contributed by atoms with van der Waals surface area (Å²) in [5.74, 6) is 0. The van der Waals surface area contributed by atoms with Crippen LogP contribution in [0, 0.1) is 0 Å². The molecule has 0 aliphatic rings. The fourth-order valence-electron chi connectivity index (χ4n) is 2.21. The Kier molecular flexibility index (Phi) is 6.67. The van der Waals surface area contributed by atoms with Crippen molar-refractivity contribution in [3.05, 3.63) is 17.0 Å². The average molecular weight is 307 g/mol. The molecule has 0 saturated carbocycles. The summed E-state index contributed by atoms with van der Waals surface area (Å²) >= 11 is 0. The summed E-state index contributed by atoms with van der Waals surface area (Å²) in [6.45, 7) is 8.46. The van der Waals surface area contributed by atoms with Crippen molar-refractivity contribution in [1.82, 2.24) is 15.1 Å². The first-order valence-electron chi connectivity index (χ1n) is 7.29. The third kappa shape index (κ3) is 5.67. The molecule has 1 rings (SSSR count). The van der Waals surface area contributed by atoms with E-state index < -0.39 is 13.0 Å². The van der Waals surface area contributed by atoms with E-state index in [0.29, 0.717) is 12.6 Å². The Morgan fingerprint density at radius 2 is 1.90 bits per heavy atom. The van der Waals surface area contributed by atoms with E-state index in [0.717, 1.165) is 29.8 Å². The lowest BCUT2D eigenvalue weighted by Gasteiger charge is -2.11. The third-order valence-corrected chi connectivity index (χ3v) is 3.18. The fraction of sp³-hybridized carbons (Fsp3) is 0.786. The predicted octanol–water partition coefficient (Wildman–Crippen LogP) is 3.04. The molecule has 4 nitrogen and oxygen atoms in total.